The first-order chi connectivity index (χ1) is 8.84. The van der Waals surface area contributed by atoms with Gasteiger partial charge in [0.1, 0.15) is 5.82 Å². The Hall–Kier alpha value is -2.56. The van der Waals surface area contributed by atoms with Crippen molar-refractivity contribution in [3.8, 4) is 0 Å². The first-order valence-electron chi connectivity index (χ1n) is 5.67. The van der Waals surface area contributed by atoms with Gasteiger partial charge in [0.25, 0.3) is 5.91 Å². The van der Waals surface area contributed by atoms with E-state index in [1.54, 1.807) is 12.4 Å². The minimum atomic E-state index is -0.100. The Morgan fingerprint density at radius 2 is 2.17 bits per heavy atom. The highest BCUT2D eigenvalue weighted by Gasteiger charge is 2.10. The maximum absolute atomic E-state index is 12.1. The second-order valence-electron chi connectivity index (χ2n) is 3.96. The molecule has 0 saturated carbocycles. The molecule has 18 heavy (non-hydrogen) atoms. The average molecular weight is 240 g/mol. The SMILES string of the molecule is O=C(NCc1ncc[nH]1)c1cccc2[nH]ccc12. The lowest BCUT2D eigenvalue weighted by atomic mass is 10.1. The van der Waals surface area contributed by atoms with E-state index in [9.17, 15) is 4.79 Å². The normalized spacial score (nSPS) is 10.7. The van der Waals surface area contributed by atoms with Crippen molar-refractivity contribution in [1.29, 1.82) is 0 Å². The molecule has 1 aromatic carbocycles. The molecule has 0 aliphatic carbocycles. The van der Waals surface area contributed by atoms with Gasteiger partial charge in [-0.15, -0.1) is 0 Å². The molecule has 2 heterocycles. The van der Waals surface area contributed by atoms with Crippen molar-refractivity contribution < 1.29 is 4.79 Å². The van der Waals surface area contributed by atoms with Crippen molar-refractivity contribution >= 4 is 16.8 Å². The monoisotopic (exact) mass is 240 g/mol. The molecule has 0 aliphatic heterocycles. The first-order valence-corrected chi connectivity index (χ1v) is 5.67. The minimum Gasteiger partial charge on any atom is -0.361 e. The van der Waals surface area contributed by atoms with Gasteiger partial charge in [-0.1, -0.05) is 6.07 Å². The molecule has 3 N–H and O–H groups in total. The van der Waals surface area contributed by atoms with Crippen molar-refractivity contribution in [2.45, 2.75) is 6.54 Å². The Labute approximate surface area is 103 Å². The van der Waals surface area contributed by atoms with Crippen molar-refractivity contribution in [2.24, 2.45) is 0 Å². The zero-order valence-corrected chi connectivity index (χ0v) is 9.60. The minimum absolute atomic E-state index is 0.100. The van der Waals surface area contributed by atoms with Gasteiger partial charge in [-0.05, 0) is 18.2 Å². The zero-order chi connectivity index (χ0) is 12.4. The van der Waals surface area contributed by atoms with E-state index in [2.05, 4.69) is 20.3 Å². The zero-order valence-electron chi connectivity index (χ0n) is 9.60. The standard InChI is InChI=1S/C13H12N4O/c18-13(17-8-12-15-6-7-16-12)10-2-1-3-11-9(10)4-5-14-11/h1-7,14H,8H2,(H,15,16)(H,17,18). The summed E-state index contributed by atoms with van der Waals surface area (Å²) in [5.41, 5.74) is 1.63. The molecule has 0 unspecified atom stereocenters. The molecule has 0 radical (unpaired) electrons. The van der Waals surface area contributed by atoms with Crippen molar-refractivity contribution in [1.82, 2.24) is 20.3 Å². The lowest BCUT2D eigenvalue weighted by molar-refractivity contribution is 0.0951. The van der Waals surface area contributed by atoms with Gasteiger partial charge in [0.05, 0.1) is 6.54 Å². The summed E-state index contributed by atoms with van der Waals surface area (Å²) in [6.45, 7) is 0.395. The van der Waals surface area contributed by atoms with E-state index in [0.717, 1.165) is 16.7 Å². The maximum atomic E-state index is 12.1. The Morgan fingerprint density at radius 3 is 3.00 bits per heavy atom. The molecule has 0 bridgehead atoms. The molecule has 5 nitrogen and oxygen atoms in total. The predicted octanol–water partition coefficient (Wildman–Crippen LogP) is 1.82. The van der Waals surface area contributed by atoms with Crippen LogP contribution in [0.3, 0.4) is 0 Å². The van der Waals surface area contributed by atoms with Gasteiger partial charge in [-0.25, -0.2) is 4.98 Å². The number of rotatable bonds is 3. The second-order valence-corrected chi connectivity index (χ2v) is 3.96. The highest BCUT2D eigenvalue weighted by Crippen LogP contribution is 2.17. The van der Waals surface area contributed by atoms with Crippen LogP contribution >= 0.6 is 0 Å². The molecule has 3 rings (SSSR count). The molecule has 3 aromatic rings. The van der Waals surface area contributed by atoms with E-state index in [0.29, 0.717) is 12.1 Å². The van der Waals surface area contributed by atoms with E-state index in [-0.39, 0.29) is 5.91 Å². The van der Waals surface area contributed by atoms with Crippen LogP contribution in [-0.2, 0) is 6.54 Å². The molecule has 0 atom stereocenters. The van der Waals surface area contributed by atoms with Crippen molar-refractivity contribution in [3.05, 3.63) is 54.2 Å². The van der Waals surface area contributed by atoms with Gasteiger partial charge in [0, 0.05) is 35.1 Å². The summed E-state index contributed by atoms with van der Waals surface area (Å²) in [5.74, 6) is 0.640. The van der Waals surface area contributed by atoms with Gasteiger partial charge < -0.3 is 15.3 Å². The van der Waals surface area contributed by atoms with Crippen LogP contribution in [0.25, 0.3) is 10.9 Å². The molecule has 0 saturated heterocycles. The number of nitrogens with one attached hydrogen (secondary N) is 3. The number of amides is 1. The molecule has 0 fully saturated rings. The van der Waals surface area contributed by atoms with Crippen LogP contribution in [0.15, 0.2) is 42.9 Å². The summed E-state index contributed by atoms with van der Waals surface area (Å²) < 4.78 is 0. The number of aromatic nitrogens is 3. The quantitative estimate of drug-likeness (QED) is 0.653. The number of nitrogens with zero attached hydrogens (tertiary/aromatic N) is 1. The topological polar surface area (TPSA) is 73.6 Å². The molecule has 0 spiro atoms. The summed E-state index contributed by atoms with van der Waals surface area (Å²) >= 11 is 0. The lowest BCUT2D eigenvalue weighted by Crippen LogP contribution is -2.23. The Kier molecular flexibility index (Phi) is 2.57. The summed E-state index contributed by atoms with van der Waals surface area (Å²) in [7, 11) is 0. The van der Waals surface area contributed by atoms with Crippen LogP contribution in [0.2, 0.25) is 0 Å². The fraction of sp³-hybridized carbons (Fsp3) is 0.0769. The second kappa shape index (κ2) is 4.37. The molecular weight excluding hydrogens is 228 g/mol. The molecule has 2 aromatic heterocycles. The van der Waals surface area contributed by atoms with Gasteiger partial charge in [0.2, 0.25) is 0 Å². The third kappa shape index (κ3) is 1.86. The highest BCUT2D eigenvalue weighted by molar-refractivity contribution is 6.06. The van der Waals surface area contributed by atoms with Gasteiger partial charge in [-0.2, -0.15) is 0 Å². The third-order valence-corrected chi connectivity index (χ3v) is 2.81. The molecule has 90 valence electrons. The number of hydrogen-bond donors (Lipinski definition) is 3. The first kappa shape index (κ1) is 10.6. The number of aromatic amines is 2. The van der Waals surface area contributed by atoms with Crippen LogP contribution in [0.4, 0.5) is 0 Å². The number of benzene rings is 1. The summed E-state index contributed by atoms with van der Waals surface area (Å²) in [6.07, 6.45) is 5.22. The Bertz CT molecular complexity index is 669. The molecule has 1 amide bonds. The van der Waals surface area contributed by atoms with E-state index >= 15 is 0 Å². The number of hydrogen-bond acceptors (Lipinski definition) is 2. The molecular formula is C13H12N4O. The van der Waals surface area contributed by atoms with Crippen molar-refractivity contribution in [3.63, 3.8) is 0 Å². The van der Waals surface area contributed by atoms with E-state index in [4.69, 9.17) is 0 Å². The van der Waals surface area contributed by atoms with E-state index in [1.807, 2.05) is 30.5 Å². The van der Waals surface area contributed by atoms with E-state index < -0.39 is 0 Å². The maximum Gasteiger partial charge on any atom is 0.252 e. The van der Waals surface area contributed by atoms with Gasteiger partial charge in [0.15, 0.2) is 0 Å². The summed E-state index contributed by atoms with van der Waals surface area (Å²) in [4.78, 5) is 22.2. The van der Waals surface area contributed by atoms with Crippen LogP contribution in [-0.4, -0.2) is 20.9 Å². The number of H-pyrrole nitrogens is 2. The van der Waals surface area contributed by atoms with Gasteiger partial charge >= 0.3 is 0 Å². The summed E-state index contributed by atoms with van der Waals surface area (Å²) in [6, 6.07) is 7.52. The number of fused-ring (bicyclic) bond motifs is 1. The van der Waals surface area contributed by atoms with E-state index in [1.165, 1.54) is 0 Å². The average Bonchev–Trinajstić information content (AvgIpc) is 3.05. The van der Waals surface area contributed by atoms with Crippen LogP contribution in [0, 0.1) is 0 Å². The van der Waals surface area contributed by atoms with Crippen molar-refractivity contribution in [2.75, 3.05) is 0 Å². The van der Waals surface area contributed by atoms with Crippen LogP contribution in [0.1, 0.15) is 16.2 Å². The Morgan fingerprint density at radius 1 is 1.22 bits per heavy atom. The molecule has 5 heteroatoms. The largest absolute Gasteiger partial charge is 0.361 e. The lowest BCUT2D eigenvalue weighted by Gasteiger charge is -2.04. The van der Waals surface area contributed by atoms with Crippen LogP contribution < -0.4 is 5.32 Å². The smallest absolute Gasteiger partial charge is 0.252 e. The van der Waals surface area contributed by atoms with Crippen LogP contribution in [0.5, 0.6) is 0 Å². The Balaban J connectivity index is 1.81. The highest BCUT2D eigenvalue weighted by atomic mass is 16.1. The number of imidazole rings is 1. The number of carbonyl (C=O) groups is 1. The fourth-order valence-electron chi connectivity index (χ4n) is 1.94. The summed E-state index contributed by atoms with van der Waals surface area (Å²) in [5, 5.41) is 3.76. The van der Waals surface area contributed by atoms with Gasteiger partial charge in [-0.3, -0.25) is 4.79 Å². The number of carbonyl (C=O) groups excluding carboxylic acids is 1. The third-order valence-electron chi connectivity index (χ3n) is 2.81. The fourth-order valence-corrected chi connectivity index (χ4v) is 1.94. The predicted molar refractivity (Wildman–Crippen MR) is 68.1 cm³/mol. The molecule has 0 aliphatic rings.